The molecule has 0 spiro atoms. The van der Waals surface area contributed by atoms with Crippen molar-refractivity contribution in [2.45, 2.75) is 60.4 Å². The fourth-order valence-corrected chi connectivity index (χ4v) is 1.93. The molecular weight excluding hydrogens is 364 g/mol. The maximum atomic E-state index is 12.3. The number of ether oxygens (including phenoxy) is 2. The number of carboxylic acid groups (broad SMARTS) is 1. The topological polar surface area (TPSA) is 128 Å². The summed E-state index contributed by atoms with van der Waals surface area (Å²) in [7, 11) is 0. The Morgan fingerprint density at radius 3 is 1.79 bits per heavy atom. The predicted molar refractivity (Wildman–Crippen MR) is 104 cm³/mol. The van der Waals surface area contributed by atoms with E-state index in [1.165, 1.54) is 19.1 Å². The van der Waals surface area contributed by atoms with Crippen molar-refractivity contribution in [3.63, 3.8) is 0 Å². The van der Waals surface area contributed by atoms with Crippen molar-refractivity contribution in [1.82, 2.24) is 5.43 Å². The number of carbonyl (C=O) groups is 3. The molecule has 0 fully saturated rings. The number of hydrogen-bond acceptors (Lipinski definition) is 7. The Hall–Kier alpha value is -2.45. The summed E-state index contributed by atoms with van der Waals surface area (Å²) >= 11 is 0. The number of hydrazine groups is 1. The Morgan fingerprint density at radius 2 is 1.39 bits per heavy atom. The second-order valence-electron chi connectivity index (χ2n) is 9.02. The van der Waals surface area contributed by atoms with Gasteiger partial charge in [0, 0.05) is 6.42 Å². The lowest BCUT2D eigenvalue weighted by atomic mass is 9.93. The monoisotopic (exact) mass is 394 g/mol. The number of rotatable bonds is 6. The van der Waals surface area contributed by atoms with E-state index in [-0.39, 0.29) is 17.9 Å². The highest BCUT2D eigenvalue weighted by molar-refractivity contribution is 5.81. The molecule has 8 heteroatoms. The highest BCUT2D eigenvalue weighted by atomic mass is 16.6. The van der Waals surface area contributed by atoms with Gasteiger partial charge in [-0.3, -0.25) is 20.2 Å². The third-order valence-corrected chi connectivity index (χ3v) is 3.99. The molecule has 0 aliphatic rings. The number of esters is 2. The number of nitrogens with one attached hydrogen (secondary N) is 1. The number of carbonyl (C=O) groups excluding carboxylic acids is 2. The molecule has 1 rings (SSSR count). The predicted octanol–water partition coefficient (Wildman–Crippen LogP) is 2.44. The lowest BCUT2D eigenvalue weighted by Crippen LogP contribution is -2.54. The lowest BCUT2D eigenvalue weighted by molar-refractivity contribution is -0.145. The molecule has 28 heavy (non-hydrogen) atoms. The fourth-order valence-electron chi connectivity index (χ4n) is 1.93. The van der Waals surface area contributed by atoms with Gasteiger partial charge in [-0.1, -0.05) is 6.07 Å². The largest absolute Gasteiger partial charge is 0.480 e. The van der Waals surface area contributed by atoms with Gasteiger partial charge in [0.15, 0.2) is 11.5 Å². The maximum Gasteiger partial charge on any atom is 0.325 e. The van der Waals surface area contributed by atoms with Gasteiger partial charge < -0.3 is 14.6 Å². The molecule has 156 valence electrons. The van der Waals surface area contributed by atoms with Crippen LogP contribution in [-0.4, -0.2) is 28.6 Å². The molecule has 0 aromatic heterocycles. The van der Waals surface area contributed by atoms with Gasteiger partial charge in [0.25, 0.3) is 0 Å². The van der Waals surface area contributed by atoms with Gasteiger partial charge in [0.1, 0.15) is 5.54 Å². The normalized spacial score (nSPS) is 14.1. The average molecular weight is 394 g/mol. The molecule has 1 aromatic rings. The molecule has 0 heterocycles. The SMILES string of the molecule is CC(C)(C)C(=O)Oc1ccc(CC(C)(NN)C(=O)O)cc1OC(=O)C(C)(C)C. The van der Waals surface area contributed by atoms with Crippen LogP contribution in [0.15, 0.2) is 18.2 Å². The van der Waals surface area contributed by atoms with Crippen LogP contribution in [0, 0.1) is 10.8 Å². The molecule has 0 saturated heterocycles. The van der Waals surface area contributed by atoms with Gasteiger partial charge in [-0.25, -0.2) is 5.43 Å². The lowest BCUT2D eigenvalue weighted by Gasteiger charge is -2.25. The molecule has 0 aliphatic carbocycles. The smallest absolute Gasteiger partial charge is 0.325 e. The van der Waals surface area contributed by atoms with Gasteiger partial charge in [-0.05, 0) is 66.2 Å². The van der Waals surface area contributed by atoms with Crippen LogP contribution in [0.3, 0.4) is 0 Å². The van der Waals surface area contributed by atoms with E-state index in [4.69, 9.17) is 15.3 Å². The standard InChI is InChI=1S/C20H30N2O6/c1-18(2,3)16(25)27-13-9-8-12(11-20(7,22-21)15(23)24)10-14(13)28-17(26)19(4,5)6/h8-10,22H,11,21H2,1-7H3,(H,23,24). The van der Waals surface area contributed by atoms with Gasteiger partial charge >= 0.3 is 17.9 Å². The van der Waals surface area contributed by atoms with Crippen LogP contribution in [-0.2, 0) is 20.8 Å². The molecule has 0 amide bonds. The third-order valence-electron chi connectivity index (χ3n) is 3.99. The van der Waals surface area contributed by atoms with Crippen molar-refractivity contribution in [2.24, 2.45) is 16.7 Å². The molecular formula is C20H30N2O6. The molecule has 1 unspecified atom stereocenters. The highest BCUT2D eigenvalue weighted by Crippen LogP contribution is 2.33. The highest BCUT2D eigenvalue weighted by Gasteiger charge is 2.33. The zero-order valence-corrected chi connectivity index (χ0v) is 17.5. The van der Waals surface area contributed by atoms with E-state index in [1.54, 1.807) is 47.6 Å². The quantitative estimate of drug-likeness (QED) is 0.290. The van der Waals surface area contributed by atoms with Crippen LogP contribution >= 0.6 is 0 Å². The number of carboxylic acids is 1. The zero-order valence-electron chi connectivity index (χ0n) is 17.5. The first-order chi connectivity index (χ1) is 12.6. The number of aliphatic carboxylic acids is 1. The number of hydrogen-bond donors (Lipinski definition) is 3. The Bertz CT molecular complexity index is 761. The Balaban J connectivity index is 3.32. The minimum Gasteiger partial charge on any atom is -0.480 e. The van der Waals surface area contributed by atoms with Crippen molar-refractivity contribution in [3.8, 4) is 11.5 Å². The minimum absolute atomic E-state index is 0.0202. The minimum atomic E-state index is -1.42. The summed E-state index contributed by atoms with van der Waals surface area (Å²) in [6, 6.07) is 4.55. The van der Waals surface area contributed by atoms with Gasteiger partial charge in [0.2, 0.25) is 0 Å². The van der Waals surface area contributed by atoms with Gasteiger partial charge in [-0.15, -0.1) is 0 Å². The molecule has 0 saturated carbocycles. The molecule has 1 aromatic carbocycles. The first-order valence-corrected chi connectivity index (χ1v) is 8.89. The molecule has 0 radical (unpaired) electrons. The second kappa shape index (κ2) is 8.28. The summed E-state index contributed by atoms with van der Waals surface area (Å²) in [6.07, 6.45) is 0.0202. The summed E-state index contributed by atoms with van der Waals surface area (Å²) < 4.78 is 10.9. The first-order valence-electron chi connectivity index (χ1n) is 8.89. The summed E-state index contributed by atoms with van der Waals surface area (Å²) in [4.78, 5) is 36.1. The van der Waals surface area contributed by atoms with Crippen LogP contribution in [0.2, 0.25) is 0 Å². The molecule has 4 N–H and O–H groups in total. The number of nitrogens with two attached hydrogens (primary N) is 1. The zero-order chi connectivity index (χ0) is 21.9. The fraction of sp³-hybridized carbons (Fsp3) is 0.550. The van der Waals surface area contributed by atoms with Crippen molar-refractivity contribution in [1.29, 1.82) is 0 Å². The van der Waals surface area contributed by atoms with E-state index in [0.29, 0.717) is 5.56 Å². The summed E-state index contributed by atoms with van der Waals surface area (Å²) in [5.74, 6) is 3.37. The molecule has 1 atom stereocenters. The van der Waals surface area contributed by atoms with Crippen LogP contribution in [0.1, 0.15) is 54.0 Å². The van der Waals surface area contributed by atoms with Crippen LogP contribution < -0.4 is 20.7 Å². The molecule has 0 aliphatic heterocycles. The third kappa shape index (κ3) is 6.03. The van der Waals surface area contributed by atoms with Crippen molar-refractivity contribution in [3.05, 3.63) is 23.8 Å². The molecule has 0 bridgehead atoms. The van der Waals surface area contributed by atoms with Gasteiger partial charge in [-0.2, -0.15) is 0 Å². The maximum absolute atomic E-state index is 12.3. The summed E-state index contributed by atoms with van der Waals surface area (Å²) in [5.41, 5.74) is -0.136. The van der Waals surface area contributed by atoms with Crippen molar-refractivity contribution < 1.29 is 29.0 Å². The van der Waals surface area contributed by atoms with Crippen LogP contribution in [0.5, 0.6) is 11.5 Å². The number of benzene rings is 1. The van der Waals surface area contributed by atoms with Crippen LogP contribution in [0.4, 0.5) is 0 Å². The van der Waals surface area contributed by atoms with Crippen molar-refractivity contribution >= 4 is 17.9 Å². The van der Waals surface area contributed by atoms with E-state index in [9.17, 15) is 19.5 Å². The average Bonchev–Trinajstić information content (AvgIpc) is 2.54. The van der Waals surface area contributed by atoms with E-state index < -0.39 is 34.3 Å². The second-order valence-corrected chi connectivity index (χ2v) is 9.02. The van der Waals surface area contributed by atoms with E-state index in [1.807, 2.05) is 0 Å². The Morgan fingerprint density at radius 1 is 0.929 bits per heavy atom. The van der Waals surface area contributed by atoms with Crippen molar-refractivity contribution in [2.75, 3.05) is 0 Å². The van der Waals surface area contributed by atoms with E-state index in [0.717, 1.165) is 0 Å². The first kappa shape index (κ1) is 23.6. The molecule has 8 nitrogen and oxygen atoms in total. The van der Waals surface area contributed by atoms with Gasteiger partial charge in [0.05, 0.1) is 10.8 Å². The Labute approximate surface area is 165 Å². The summed E-state index contributed by atoms with van der Waals surface area (Å²) in [6.45, 7) is 11.6. The van der Waals surface area contributed by atoms with Crippen LogP contribution in [0.25, 0.3) is 0 Å². The van der Waals surface area contributed by atoms with E-state index >= 15 is 0 Å². The summed E-state index contributed by atoms with van der Waals surface area (Å²) in [5, 5.41) is 9.38. The van der Waals surface area contributed by atoms with E-state index in [2.05, 4.69) is 5.43 Å². The Kier molecular flexibility index (Phi) is 6.98.